The fourth-order valence-electron chi connectivity index (χ4n) is 3.70. The smallest absolute Gasteiger partial charge is 0.213 e. The lowest BCUT2D eigenvalue weighted by Gasteiger charge is -2.09. The van der Waals surface area contributed by atoms with Gasteiger partial charge in [0.1, 0.15) is 12.4 Å². The number of benzene rings is 2. The minimum atomic E-state index is 0.425. The monoisotopic (exact) mass is 448 g/mol. The summed E-state index contributed by atoms with van der Waals surface area (Å²) >= 11 is 0. The number of nitrogens with zero attached hydrogens (tertiary/aromatic N) is 2. The van der Waals surface area contributed by atoms with Crippen LogP contribution in [0.3, 0.4) is 0 Å². The molecule has 6 heteroatoms. The highest BCUT2D eigenvalue weighted by Gasteiger charge is 2.05. The Morgan fingerprint density at radius 2 is 1.76 bits per heavy atom. The lowest BCUT2D eigenvalue weighted by Crippen LogP contribution is -1.98. The van der Waals surface area contributed by atoms with Crippen molar-refractivity contribution in [3.63, 3.8) is 0 Å². The number of hydrogen-bond acceptors (Lipinski definition) is 4. The van der Waals surface area contributed by atoms with Crippen LogP contribution >= 0.6 is 0 Å². The minimum Gasteiger partial charge on any atom is -0.496 e. The number of hydrogen-bond donors (Lipinski definition) is 2. The fraction of sp³-hybridized carbons (Fsp3) is 0.0714. The third-order valence-corrected chi connectivity index (χ3v) is 5.43. The van der Waals surface area contributed by atoms with E-state index in [4.69, 9.17) is 9.47 Å². The third-order valence-electron chi connectivity index (χ3n) is 5.43. The molecule has 3 aromatic heterocycles. The van der Waals surface area contributed by atoms with Gasteiger partial charge in [0, 0.05) is 34.9 Å². The summed E-state index contributed by atoms with van der Waals surface area (Å²) in [5, 5.41) is 8.66. The number of fused-ring (bicyclic) bond motifs is 1. The van der Waals surface area contributed by atoms with Gasteiger partial charge in [-0.05, 0) is 59.7 Å². The van der Waals surface area contributed by atoms with Gasteiger partial charge in [0.15, 0.2) is 0 Å². The second-order valence-corrected chi connectivity index (χ2v) is 7.74. The first-order valence-corrected chi connectivity index (χ1v) is 11.0. The van der Waals surface area contributed by atoms with Crippen LogP contribution < -0.4 is 9.47 Å². The largest absolute Gasteiger partial charge is 0.496 e. The van der Waals surface area contributed by atoms with Crippen molar-refractivity contribution in [1.29, 1.82) is 0 Å². The first-order valence-electron chi connectivity index (χ1n) is 11.0. The van der Waals surface area contributed by atoms with Gasteiger partial charge in [0.2, 0.25) is 5.88 Å². The standard InChI is InChI=1S/C28H24N4O2/c1-33-27-14-9-20(19-34-28-8-4-5-15-29-28)16-21(27)10-12-23-17-24(32-31-23)13-11-22-18-30-26-7-3-2-6-25(22)26/h2-18,30H,19H2,1H3,(H,31,32)/b12-10+,13-11+. The lowest BCUT2D eigenvalue weighted by molar-refractivity contribution is 0.293. The molecule has 34 heavy (non-hydrogen) atoms. The summed E-state index contributed by atoms with van der Waals surface area (Å²) < 4.78 is 11.3. The van der Waals surface area contributed by atoms with Gasteiger partial charge >= 0.3 is 0 Å². The van der Waals surface area contributed by atoms with Crippen LogP contribution in [0.1, 0.15) is 28.1 Å². The van der Waals surface area contributed by atoms with Crippen LogP contribution in [-0.4, -0.2) is 27.3 Å². The van der Waals surface area contributed by atoms with Crippen molar-refractivity contribution < 1.29 is 9.47 Å². The maximum atomic E-state index is 5.77. The zero-order valence-corrected chi connectivity index (χ0v) is 18.7. The van der Waals surface area contributed by atoms with Crippen LogP contribution in [-0.2, 0) is 6.61 Å². The Balaban J connectivity index is 1.29. The number of methoxy groups -OCH3 is 1. The van der Waals surface area contributed by atoms with Crippen LogP contribution in [0.4, 0.5) is 0 Å². The Hall–Kier alpha value is -4.58. The number of aromatic nitrogens is 4. The van der Waals surface area contributed by atoms with Crippen LogP contribution in [0.15, 0.2) is 79.1 Å². The van der Waals surface area contributed by atoms with Gasteiger partial charge in [-0.3, -0.25) is 5.10 Å². The predicted molar refractivity (Wildman–Crippen MR) is 136 cm³/mol. The molecule has 5 rings (SSSR count). The molecule has 0 amide bonds. The molecule has 3 heterocycles. The number of nitrogens with one attached hydrogen (secondary N) is 2. The van der Waals surface area contributed by atoms with Crippen molar-refractivity contribution in [2.45, 2.75) is 6.61 Å². The van der Waals surface area contributed by atoms with E-state index in [1.807, 2.05) is 79.0 Å². The highest BCUT2D eigenvalue weighted by molar-refractivity contribution is 5.91. The normalized spacial score (nSPS) is 11.6. The zero-order valence-electron chi connectivity index (χ0n) is 18.7. The Bertz CT molecular complexity index is 1450. The molecule has 2 aromatic carbocycles. The Morgan fingerprint density at radius 3 is 2.65 bits per heavy atom. The number of pyridine rings is 1. The number of rotatable bonds is 8. The SMILES string of the molecule is COc1ccc(COc2ccccn2)cc1/C=C/c1cc(/C=C/c2c[nH]c3ccccc23)n[nH]1. The van der Waals surface area contributed by atoms with Gasteiger partial charge in [-0.25, -0.2) is 4.98 Å². The lowest BCUT2D eigenvalue weighted by atomic mass is 10.1. The number of aromatic amines is 2. The molecule has 0 aliphatic heterocycles. The molecule has 0 aliphatic carbocycles. The van der Waals surface area contributed by atoms with E-state index < -0.39 is 0 Å². The second-order valence-electron chi connectivity index (χ2n) is 7.74. The predicted octanol–water partition coefficient (Wildman–Crippen LogP) is 6.21. The van der Waals surface area contributed by atoms with E-state index in [1.165, 1.54) is 5.39 Å². The molecular formula is C28H24N4O2. The average Bonchev–Trinajstić information content (AvgIpc) is 3.52. The molecule has 0 fully saturated rings. The molecule has 0 spiro atoms. The molecular weight excluding hydrogens is 424 g/mol. The van der Waals surface area contributed by atoms with Crippen LogP contribution in [0.2, 0.25) is 0 Å². The van der Waals surface area contributed by atoms with Gasteiger partial charge in [0.05, 0.1) is 18.5 Å². The van der Waals surface area contributed by atoms with Crippen molar-refractivity contribution in [3.8, 4) is 11.6 Å². The van der Waals surface area contributed by atoms with Gasteiger partial charge < -0.3 is 14.5 Å². The van der Waals surface area contributed by atoms with Crippen LogP contribution in [0, 0.1) is 0 Å². The first kappa shape index (κ1) is 21.3. The van der Waals surface area contributed by atoms with Crippen molar-refractivity contribution >= 4 is 35.2 Å². The summed E-state index contributed by atoms with van der Waals surface area (Å²) in [5.41, 5.74) is 5.98. The maximum Gasteiger partial charge on any atom is 0.213 e. The Kier molecular flexibility index (Phi) is 6.21. The fourth-order valence-corrected chi connectivity index (χ4v) is 3.70. The number of H-pyrrole nitrogens is 2. The van der Waals surface area contributed by atoms with E-state index in [1.54, 1.807) is 13.3 Å². The molecule has 0 unspecified atom stereocenters. The van der Waals surface area contributed by atoms with Gasteiger partial charge in [-0.2, -0.15) is 5.10 Å². The Morgan fingerprint density at radius 1 is 0.882 bits per heavy atom. The van der Waals surface area contributed by atoms with E-state index in [2.05, 4.69) is 38.4 Å². The molecule has 0 bridgehead atoms. The summed E-state index contributed by atoms with van der Waals surface area (Å²) in [7, 11) is 1.67. The molecule has 0 radical (unpaired) electrons. The Labute approximate surface area is 197 Å². The molecule has 0 saturated heterocycles. The second kappa shape index (κ2) is 9.92. The molecule has 2 N–H and O–H groups in total. The highest BCUT2D eigenvalue weighted by Crippen LogP contribution is 2.24. The number of ether oxygens (including phenoxy) is 2. The van der Waals surface area contributed by atoms with E-state index in [-0.39, 0.29) is 0 Å². The van der Waals surface area contributed by atoms with Crippen molar-refractivity contribution in [3.05, 3.63) is 107 Å². The van der Waals surface area contributed by atoms with E-state index in [0.717, 1.165) is 39.3 Å². The molecule has 0 atom stereocenters. The maximum absolute atomic E-state index is 5.77. The van der Waals surface area contributed by atoms with E-state index >= 15 is 0 Å². The molecule has 6 nitrogen and oxygen atoms in total. The van der Waals surface area contributed by atoms with Gasteiger partial charge in [-0.1, -0.05) is 36.4 Å². The van der Waals surface area contributed by atoms with Gasteiger partial charge in [0.25, 0.3) is 0 Å². The van der Waals surface area contributed by atoms with Crippen LogP contribution in [0.5, 0.6) is 11.6 Å². The third kappa shape index (κ3) is 4.91. The minimum absolute atomic E-state index is 0.425. The molecule has 0 aliphatic rings. The number of para-hydroxylation sites is 1. The van der Waals surface area contributed by atoms with E-state index in [9.17, 15) is 0 Å². The summed E-state index contributed by atoms with van der Waals surface area (Å²) in [6, 6.07) is 21.8. The van der Waals surface area contributed by atoms with Crippen LogP contribution in [0.25, 0.3) is 35.2 Å². The molecule has 0 saturated carbocycles. The van der Waals surface area contributed by atoms with E-state index in [0.29, 0.717) is 12.5 Å². The summed E-state index contributed by atoms with van der Waals surface area (Å²) in [6.45, 7) is 0.425. The first-order chi connectivity index (χ1) is 16.8. The molecule has 5 aromatic rings. The topological polar surface area (TPSA) is 75.8 Å². The quantitative estimate of drug-likeness (QED) is 0.296. The van der Waals surface area contributed by atoms with Crippen molar-refractivity contribution in [2.24, 2.45) is 0 Å². The van der Waals surface area contributed by atoms with Crippen molar-refractivity contribution in [2.75, 3.05) is 7.11 Å². The zero-order chi connectivity index (χ0) is 23.2. The van der Waals surface area contributed by atoms with Crippen molar-refractivity contribution in [1.82, 2.24) is 20.2 Å². The summed E-state index contributed by atoms with van der Waals surface area (Å²) in [6.07, 6.45) is 11.8. The average molecular weight is 449 g/mol. The molecule has 168 valence electrons. The summed E-state index contributed by atoms with van der Waals surface area (Å²) in [4.78, 5) is 7.48. The highest BCUT2D eigenvalue weighted by atomic mass is 16.5. The van der Waals surface area contributed by atoms with Gasteiger partial charge in [-0.15, -0.1) is 0 Å². The summed E-state index contributed by atoms with van der Waals surface area (Å²) in [5.74, 6) is 1.39.